The molecule has 9 heteroatoms. The van der Waals surface area contributed by atoms with Gasteiger partial charge in [0.15, 0.2) is 6.61 Å². The van der Waals surface area contributed by atoms with Crippen LogP contribution in [0.5, 0.6) is 11.5 Å². The van der Waals surface area contributed by atoms with E-state index in [1.165, 1.54) is 0 Å². The summed E-state index contributed by atoms with van der Waals surface area (Å²) in [7, 11) is 1.59. The van der Waals surface area contributed by atoms with Gasteiger partial charge >= 0.3 is 6.18 Å². The molecule has 29 heavy (non-hydrogen) atoms. The Morgan fingerprint density at radius 3 is 2.76 bits per heavy atom. The lowest BCUT2D eigenvalue weighted by molar-refractivity contribution is -0.141. The van der Waals surface area contributed by atoms with Gasteiger partial charge in [-0.2, -0.15) is 13.2 Å². The molecule has 2 aromatic heterocycles. The number of likely N-dealkylation sites (tertiary alicyclic amines) is 1. The van der Waals surface area contributed by atoms with Crippen molar-refractivity contribution in [2.75, 3.05) is 20.3 Å². The van der Waals surface area contributed by atoms with E-state index >= 15 is 0 Å². The molecule has 1 fully saturated rings. The fourth-order valence-corrected chi connectivity index (χ4v) is 3.42. The van der Waals surface area contributed by atoms with E-state index < -0.39 is 11.9 Å². The van der Waals surface area contributed by atoms with Gasteiger partial charge in [-0.3, -0.25) is 9.78 Å². The quantitative estimate of drug-likeness (QED) is 0.731. The summed E-state index contributed by atoms with van der Waals surface area (Å²) in [4.78, 5) is 21.9. The van der Waals surface area contributed by atoms with Gasteiger partial charge < -0.3 is 14.4 Å². The van der Waals surface area contributed by atoms with Gasteiger partial charge in [-0.15, -0.1) is 0 Å². The molecule has 0 N–H and O–H groups in total. The molecule has 0 saturated carbocycles. The lowest BCUT2D eigenvalue weighted by Gasteiger charge is -2.36. The zero-order valence-corrected chi connectivity index (χ0v) is 16.0. The van der Waals surface area contributed by atoms with Gasteiger partial charge in [0.05, 0.1) is 13.3 Å². The maximum Gasteiger partial charge on any atom is 0.433 e. The maximum atomic E-state index is 12.7. The second-order valence-corrected chi connectivity index (χ2v) is 6.79. The highest BCUT2D eigenvalue weighted by Gasteiger charge is 2.32. The summed E-state index contributed by atoms with van der Waals surface area (Å²) in [6.45, 7) is 0.356. The van der Waals surface area contributed by atoms with Crippen LogP contribution in [0.1, 0.15) is 30.5 Å². The molecule has 1 atom stereocenters. The zero-order chi connectivity index (χ0) is 20.9. The molecular formula is C20H22F3N3O3. The summed E-state index contributed by atoms with van der Waals surface area (Å²) in [5.74, 6) is 0.636. The molecule has 1 aliphatic heterocycles. The third-order valence-corrected chi connectivity index (χ3v) is 4.87. The van der Waals surface area contributed by atoms with Crippen LogP contribution in [0.3, 0.4) is 0 Å². The van der Waals surface area contributed by atoms with Crippen LogP contribution in [0.15, 0.2) is 36.8 Å². The van der Waals surface area contributed by atoms with Crippen molar-refractivity contribution in [3.05, 3.63) is 48.0 Å². The molecular weight excluding hydrogens is 387 g/mol. The number of piperidine rings is 1. The first kappa shape index (κ1) is 20.9. The van der Waals surface area contributed by atoms with E-state index in [0.717, 1.165) is 48.9 Å². The van der Waals surface area contributed by atoms with Crippen LogP contribution in [0.2, 0.25) is 0 Å². The third-order valence-electron chi connectivity index (χ3n) is 4.87. The zero-order valence-electron chi connectivity index (χ0n) is 16.0. The number of halogens is 3. The Kier molecular flexibility index (Phi) is 6.56. The molecule has 1 amide bonds. The van der Waals surface area contributed by atoms with Gasteiger partial charge in [-0.05, 0) is 43.9 Å². The Labute approximate surface area is 166 Å². The van der Waals surface area contributed by atoms with E-state index in [1.54, 1.807) is 30.5 Å². The second-order valence-electron chi connectivity index (χ2n) is 6.79. The Morgan fingerprint density at radius 2 is 2.07 bits per heavy atom. The highest BCUT2D eigenvalue weighted by atomic mass is 19.4. The van der Waals surface area contributed by atoms with Gasteiger partial charge in [0.2, 0.25) is 0 Å². The molecule has 1 saturated heterocycles. The van der Waals surface area contributed by atoms with Crippen LogP contribution in [0, 0.1) is 0 Å². The smallest absolute Gasteiger partial charge is 0.433 e. The molecule has 0 radical (unpaired) electrons. The lowest BCUT2D eigenvalue weighted by atomic mass is 9.96. The summed E-state index contributed by atoms with van der Waals surface area (Å²) < 4.78 is 48.5. The molecule has 3 rings (SSSR count). The Balaban J connectivity index is 1.62. The molecule has 2 aromatic rings. The summed E-state index contributed by atoms with van der Waals surface area (Å²) in [5, 5.41) is 0. The first-order chi connectivity index (χ1) is 13.9. The molecule has 156 valence electrons. The SMILES string of the molecule is COc1ccncc1CC1CCCCN1C(=O)COc1ccc(C(F)(F)F)nc1. The van der Waals surface area contributed by atoms with Gasteiger partial charge in [0.1, 0.15) is 17.2 Å². The number of nitrogens with zero attached hydrogens (tertiary/aromatic N) is 3. The number of amides is 1. The fourth-order valence-electron chi connectivity index (χ4n) is 3.42. The number of ether oxygens (including phenoxy) is 2. The van der Waals surface area contributed by atoms with Crippen LogP contribution in [-0.2, 0) is 17.4 Å². The topological polar surface area (TPSA) is 64.5 Å². The van der Waals surface area contributed by atoms with Gasteiger partial charge in [0.25, 0.3) is 5.91 Å². The highest BCUT2D eigenvalue weighted by Crippen LogP contribution is 2.28. The summed E-state index contributed by atoms with van der Waals surface area (Å²) in [5.41, 5.74) is -0.0785. The van der Waals surface area contributed by atoms with Crippen molar-refractivity contribution >= 4 is 5.91 Å². The number of carbonyl (C=O) groups excluding carboxylic acids is 1. The van der Waals surface area contributed by atoms with Crippen molar-refractivity contribution in [1.29, 1.82) is 0 Å². The average Bonchev–Trinajstić information content (AvgIpc) is 2.72. The molecule has 3 heterocycles. The predicted octanol–water partition coefficient (Wildman–Crippen LogP) is 3.51. The fraction of sp³-hybridized carbons (Fsp3) is 0.450. The first-order valence-corrected chi connectivity index (χ1v) is 9.31. The van der Waals surface area contributed by atoms with Crippen LogP contribution < -0.4 is 9.47 Å². The van der Waals surface area contributed by atoms with E-state index in [-0.39, 0.29) is 24.3 Å². The van der Waals surface area contributed by atoms with E-state index in [0.29, 0.717) is 13.0 Å². The number of aromatic nitrogens is 2. The monoisotopic (exact) mass is 409 g/mol. The van der Waals surface area contributed by atoms with Gasteiger partial charge in [-0.25, -0.2) is 4.98 Å². The standard InChI is InChI=1S/C20H22F3N3O3/c1-28-17-7-8-24-11-14(17)10-15-4-2-3-9-26(15)19(27)13-29-16-5-6-18(25-12-16)20(21,22)23/h5-8,11-12,15H,2-4,9-10,13H2,1H3. The van der Waals surface area contributed by atoms with Crippen LogP contribution in [-0.4, -0.2) is 47.1 Å². The normalized spacial score (nSPS) is 17.1. The average molecular weight is 409 g/mol. The number of carbonyl (C=O) groups is 1. The highest BCUT2D eigenvalue weighted by molar-refractivity contribution is 5.78. The first-order valence-electron chi connectivity index (χ1n) is 9.31. The molecule has 6 nitrogen and oxygen atoms in total. The summed E-state index contributed by atoms with van der Waals surface area (Å²) in [6.07, 6.45) is 3.23. The molecule has 0 spiro atoms. The van der Waals surface area contributed by atoms with Crippen LogP contribution in [0.25, 0.3) is 0 Å². The van der Waals surface area contributed by atoms with Gasteiger partial charge in [-0.1, -0.05) is 0 Å². The van der Waals surface area contributed by atoms with Crippen molar-refractivity contribution in [2.45, 2.75) is 37.9 Å². The number of hydrogen-bond donors (Lipinski definition) is 0. The number of methoxy groups -OCH3 is 1. The number of hydrogen-bond acceptors (Lipinski definition) is 5. The number of rotatable bonds is 6. The maximum absolute atomic E-state index is 12.7. The van der Waals surface area contributed by atoms with E-state index in [2.05, 4.69) is 9.97 Å². The minimum Gasteiger partial charge on any atom is -0.496 e. The van der Waals surface area contributed by atoms with Crippen molar-refractivity contribution in [2.24, 2.45) is 0 Å². The predicted molar refractivity (Wildman–Crippen MR) is 98.6 cm³/mol. The molecule has 0 aliphatic carbocycles. The van der Waals surface area contributed by atoms with E-state index in [4.69, 9.17) is 9.47 Å². The minimum atomic E-state index is -4.51. The largest absolute Gasteiger partial charge is 0.496 e. The lowest BCUT2D eigenvalue weighted by Crippen LogP contribution is -2.46. The molecule has 0 bridgehead atoms. The Morgan fingerprint density at radius 1 is 1.24 bits per heavy atom. The Bertz CT molecular complexity index is 828. The van der Waals surface area contributed by atoms with Crippen molar-refractivity contribution in [3.8, 4) is 11.5 Å². The second kappa shape index (κ2) is 9.11. The molecule has 0 aromatic carbocycles. The Hall–Kier alpha value is -2.84. The van der Waals surface area contributed by atoms with Gasteiger partial charge in [0, 0.05) is 30.5 Å². The number of alkyl halides is 3. The molecule has 1 aliphatic rings. The van der Waals surface area contributed by atoms with Crippen molar-refractivity contribution in [3.63, 3.8) is 0 Å². The summed E-state index contributed by atoms with van der Waals surface area (Å²) >= 11 is 0. The number of pyridine rings is 2. The minimum absolute atomic E-state index is 0.0105. The van der Waals surface area contributed by atoms with Crippen LogP contribution in [0.4, 0.5) is 13.2 Å². The van der Waals surface area contributed by atoms with Crippen molar-refractivity contribution < 1.29 is 27.4 Å². The molecule has 1 unspecified atom stereocenters. The summed E-state index contributed by atoms with van der Waals surface area (Å²) in [6, 6.07) is 3.77. The van der Waals surface area contributed by atoms with Crippen molar-refractivity contribution in [1.82, 2.24) is 14.9 Å². The van der Waals surface area contributed by atoms with E-state index in [9.17, 15) is 18.0 Å². The van der Waals surface area contributed by atoms with E-state index in [1.807, 2.05) is 0 Å². The third kappa shape index (κ3) is 5.36. The van der Waals surface area contributed by atoms with Crippen LogP contribution >= 0.6 is 0 Å².